The van der Waals surface area contributed by atoms with Crippen LogP contribution in [0.4, 0.5) is 0 Å². The minimum atomic E-state index is 0.445. The van der Waals surface area contributed by atoms with Gasteiger partial charge in [0.15, 0.2) is 0 Å². The van der Waals surface area contributed by atoms with Crippen LogP contribution in [0.5, 0.6) is 0 Å². The van der Waals surface area contributed by atoms with Crippen LogP contribution < -0.4 is 5.32 Å². The molecule has 0 aliphatic carbocycles. The molecule has 1 atom stereocenters. The maximum Gasteiger partial charge on any atom is 0.0794 e. The fourth-order valence-electron chi connectivity index (χ4n) is 1.36. The SMILES string of the molecule is CC(CCC(C)(C)C)NCc1cncs1. The summed E-state index contributed by atoms with van der Waals surface area (Å²) < 4.78 is 0. The topological polar surface area (TPSA) is 24.9 Å². The zero-order valence-corrected chi connectivity index (χ0v) is 11.0. The summed E-state index contributed by atoms with van der Waals surface area (Å²) in [6.07, 6.45) is 4.44. The van der Waals surface area contributed by atoms with Crippen molar-refractivity contribution in [2.24, 2.45) is 5.41 Å². The maximum atomic E-state index is 4.06. The van der Waals surface area contributed by atoms with Crippen molar-refractivity contribution >= 4 is 11.3 Å². The molecular weight excluding hydrogens is 204 g/mol. The van der Waals surface area contributed by atoms with E-state index in [0.29, 0.717) is 11.5 Å². The number of nitrogens with one attached hydrogen (secondary N) is 1. The Morgan fingerprint density at radius 1 is 1.47 bits per heavy atom. The zero-order chi connectivity index (χ0) is 11.3. The lowest BCUT2D eigenvalue weighted by molar-refractivity contribution is 0.336. The van der Waals surface area contributed by atoms with E-state index < -0.39 is 0 Å². The first kappa shape index (κ1) is 12.7. The van der Waals surface area contributed by atoms with Gasteiger partial charge in [0.2, 0.25) is 0 Å². The predicted molar refractivity (Wildman–Crippen MR) is 67.1 cm³/mol. The van der Waals surface area contributed by atoms with Crippen LogP contribution in [-0.4, -0.2) is 11.0 Å². The number of hydrogen-bond acceptors (Lipinski definition) is 3. The number of nitrogens with zero attached hydrogens (tertiary/aromatic N) is 1. The molecule has 1 aromatic heterocycles. The molecule has 1 aromatic rings. The molecule has 3 heteroatoms. The monoisotopic (exact) mass is 226 g/mol. The number of hydrogen-bond donors (Lipinski definition) is 1. The molecule has 1 rings (SSSR count). The fraction of sp³-hybridized carbons (Fsp3) is 0.750. The lowest BCUT2D eigenvalue weighted by Gasteiger charge is -2.21. The molecule has 1 unspecified atom stereocenters. The highest BCUT2D eigenvalue weighted by molar-refractivity contribution is 7.09. The van der Waals surface area contributed by atoms with Gasteiger partial charge < -0.3 is 5.32 Å². The third-order valence-corrected chi connectivity index (χ3v) is 3.22. The first-order valence-electron chi connectivity index (χ1n) is 5.58. The van der Waals surface area contributed by atoms with E-state index in [1.54, 1.807) is 11.3 Å². The third-order valence-electron chi connectivity index (χ3n) is 2.44. The second-order valence-electron chi connectivity index (χ2n) is 5.35. The van der Waals surface area contributed by atoms with Gasteiger partial charge >= 0.3 is 0 Å². The van der Waals surface area contributed by atoms with Crippen molar-refractivity contribution < 1.29 is 0 Å². The van der Waals surface area contributed by atoms with Crippen molar-refractivity contribution in [2.45, 2.75) is 53.1 Å². The quantitative estimate of drug-likeness (QED) is 0.832. The average Bonchev–Trinajstić information content (AvgIpc) is 2.62. The van der Waals surface area contributed by atoms with Crippen LogP contribution in [0.3, 0.4) is 0 Å². The summed E-state index contributed by atoms with van der Waals surface area (Å²) in [4.78, 5) is 5.38. The van der Waals surface area contributed by atoms with Gasteiger partial charge in [-0.3, -0.25) is 4.98 Å². The number of rotatable bonds is 5. The molecule has 0 saturated carbocycles. The minimum Gasteiger partial charge on any atom is -0.309 e. The Kier molecular flexibility index (Phi) is 4.74. The zero-order valence-electron chi connectivity index (χ0n) is 10.2. The molecule has 1 heterocycles. The molecule has 0 saturated heterocycles. The summed E-state index contributed by atoms with van der Waals surface area (Å²) in [7, 11) is 0. The van der Waals surface area contributed by atoms with Gasteiger partial charge in [-0.1, -0.05) is 20.8 Å². The van der Waals surface area contributed by atoms with E-state index in [0.717, 1.165) is 6.54 Å². The summed E-state index contributed by atoms with van der Waals surface area (Å²) in [6, 6.07) is 0.589. The van der Waals surface area contributed by atoms with E-state index in [2.05, 4.69) is 38.0 Å². The van der Waals surface area contributed by atoms with Crippen LogP contribution in [0.15, 0.2) is 11.7 Å². The van der Waals surface area contributed by atoms with Crippen LogP contribution in [0.2, 0.25) is 0 Å². The van der Waals surface area contributed by atoms with Crippen molar-refractivity contribution in [2.75, 3.05) is 0 Å². The Morgan fingerprint density at radius 3 is 2.73 bits per heavy atom. The van der Waals surface area contributed by atoms with E-state index >= 15 is 0 Å². The van der Waals surface area contributed by atoms with Crippen LogP contribution >= 0.6 is 11.3 Å². The molecule has 0 aromatic carbocycles. The number of aromatic nitrogens is 1. The second-order valence-corrected chi connectivity index (χ2v) is 6.32. The van der Waals surface area contributed by atoms with Gasteiger partial charge in [0.1, 0.15) is 0 Å². The van der Waals surface area contributed by atoms with Gasteiger partial charge in [-0.2, -0.15) is 0 Å². The number of thiazole rings is 1. The summed E-state index contributed by atoms with van der Waals surface area (Å²) in [5.41, 5.74) is 2.33. The Morgan fingerprint density at radius 2 is 2.20 bits per heavy atom. The fourth-order valence-corrected chi connectivity index (χ4v) is 1.90. The van der Waals surface area contributed by atoms with Crippen LogP contribution in [-0.2, 0) is 6.54 Å². The van der Waals surface area contributed by atoms with Crippen LogP contribution in [0.1, 0.15) is 45.4 Å². The summed E-state index contributed by atoms with van der Waals surface area (Å²) in [5.74, 6) is 0. The standard InChI is InChI=1S/C12H22N2S/c1-10(5-6-12(2,3)4)14-8-11-7-13-9-15-11/h7,9-10,14H,5-6,8H2,1-4H3. The normalized spacial score (nSPS) is 14.1. The highest BCUT2D eigenvalue weighted by Crippen LogP contribution is 2.21. The Hall–Kier alpha value is -0.410. The second kappa shape index (κ2) is 5.61. The molecule has 0 aliphatic heterocycles. The predicted octanol–water partition coefficient (Wildman–Crippen LogP) is 3.45. The Balaban J connectivity index is 2.16. The summed E-state index contributed by atoms with van der Waals surface area (Å²) in [5, 5.41) is 3.53. The molecule has 15 heavy (non-hydrogen) atoms. The van der Waals surface area contributed by atoms with Crippen LogP contribution in [0, 0.1) is 5.41 Å². The molecule has 0 radical (unpaired) electrons. The average molecular weight is 226 g/mol. The van der Waals surface area contributed by atoms with Crippen molar-refractivity contribution in [1.82, 2.24) is 10.3 Å². The van der Waals surface area contributed by atoms with Gasteiger partial charge in [-0.25, -0.2) is 0 Å². The van der Waals surface area contributed by atoms with Crippen molar-refractivity contribution in [3.63, 3.8) is 0 Å². The lowest BCUT2D eigenvalue weighted by Crippen LogP contribution is -2.26. The molecule has 86 valence electrons. The van der Waals surface area contributed by atoms with Gasteiger partial charge in [0, 0.05) is 23.7 Å². The molecule has 0 fully saturated rings. The maximum absolute atomic E-state index is 4.06. The van der Waals surface area contributed by atoms with Gasteiger partial charge in [-0.05, 0) is 25.2 Å². The summed E-state index contributed by atoms with van der Waals surface area (Å²) >= 11 is 1.71. The Bertz CT molecular complexity index is 262. The minimum absolute atomic E-state index is 0.445. The smallest absolute Gasteiger partial charge is 0.0794 e. The van der Waals surface area contributed by atoms with E-state index in [4.69, 9.17) is 0 Å². The van der Waals surface area contributed by atoms with Gasteiger partial charge in [-0.15, -0.1) is 11.3 Å². The highest BCUT2D eigenvalue weighted by atomic mass is 32.1. The van der Waals surface area contributed by atoms with Crippen molar-refractivity contribution in [1.29, 1.82) is 0 Å². The first-order valence-corrected chi connectivity index (χ1v) is 6.46. The van der Waals surface area contributed by atoms with Gasteiger partial charge in [0.25, 0.3) is 0 Å². The highest BCUT2D eigenvalue weighted by Gasteiger charge is 2.12. The largest absolute Gasteiger partial charge is 0.309 e. The van der Waals surface area contributed by atoms with E-state index in [9.17, 15) is 0 Å². The molecule has 2 nitrogen and oxygen atoms in total. The van der Waals surface area contributed by atoms with Crippen LogP contribution in [0.25, 0.3) is 0 Å². The molecular formula is C12H22N2S. The van der Waals surface area contributed by atoms with Crippen molar-refractivity contribution in [3.8, 4) is 0 Å². The van der Waals surface area contributed by atoms with Gasteiger partial charge in [0.05, 0.1) is 5.51 Å². The van der Waals surface area contributed by atoms with E-state index in [1.807, 2.05) is 11.7 Å². The lowest BCUT2D eigenvalue weighted by atomic mass is 9.89. The Labute approximate surface area is 97.1 Å². The molecule has 0 spiro atoms. The van der Waals surface area contributed by atoms with E-state index in [-0.39, 0.29) is 0 Å². The third kappa shape index (κ3) is 5.90. The molecule has 0 amide bonds. The van der Waals surface area contributed by atoms with E-state index in [1.165, 1.54) is 17.7 Å². The first-order chi connectivity index (χ1) is 6.97. The molecule has 1 N–H and O–H groups in total. The molecule has 0 bridgehead atoms. The summed E-state index contributed by atoms with van der Waals surface area (Å²) in [6.45, 7) is 10.1. The molecule has 0 aliphatic rings. The van der Waals surface area contributed by atoms with Crippen molar-refractivity contribution in [3.05, 3.63) is 16.6 Å².